The maximum Gasteiger partial charge on any atom is 0.147 e. The van der Waals surface area contributed by atoms with Gasteiger partial charge in [-0.05, 0) is 42.2 Å². The first-order valence-electron chi connectivity index (χ1n) is 5.72. The van der Waals surface area contributed by atoms with Crippen LogP contribution in [0.2, 0.25) is 0 Å². The third-order valence-electron chi connectivity index (χ3n) is 3.49. The number of benzene rings is 1. The summed E-state index contributed by atoms with van der Waals surface area (Å²) < 4.78 is 26.9. The first kappa shape index (κ1) is 11.3. The highest BCUT2D eigenvalue weighted by Gasteiger charge is 2.40. The summed E-state index contributed by atoms with van der Waals surface area (Å²) in [5, 5.41) is 10.7. The summed E-state index contributed by atoms with van der Waals surface area (Å²) in [7, 11) is 0. The zero-order chi connectivity index (χ0) is 12.8. The minimum atomic E-state index is -1.38. The number of fused-ring (bicyclic) bond motifs is 1. The Balaban J connectivity index is 2.18. The predicted octanol–water partition coefficient (Wildman–Crippen LogP) is 2.54. The average molecular weight is 247 g/mol. The number of hydrogen-bond acceptors (Lipinski definition) is 2. The molecular weight excluding hydrogens is 236 g/mol. The van der Waals surface area contributed by atoms with E-state index < -0.39 is 11.4 Å². The number of aryl methyl sites for hydroxylation is 1. The third kappa shape index (κ3) is 1.53. The Labute approximate surface area is 103 Å². The molecule has 4 heteroatoms. The molecule has 0 aliphatic heterocycles. The van der Waals surface area contributed by atoms with E-state index in [1.54, 1.807) is 0 Å². The van der Waals surface area contributed by atoms with E-state index in [0.717, 1.165) is 11.8 Å². The molecular formula is C14H11F2NO. The maximum atomic E-state index is 13.8. The molecule has 1 N–H and O–H groups in total. The van der Waals surface area contributed by atoms with E-state index in [1.165, 1.54) is 30.5 Å². The van der Waals surface area contributed by atoms with E-state index in [-0.39, 0.29) is 11.4 Å². The van der Waals surface area contributed by atoms with Gasteiger partial charge in [0, 0.05) is 11.8 Å². The Bertz CT molecular complexity index is 614. The Morgan fingerprint density at radius 2 is 2.00 bits per heavy atom. The lowest BCUT2D eigenvalue weighted by molar-refractivity contribution is 0.0787. The monoisotopic (exact) mass is 247 g/mol. The van der Waals surface area contributed by atoms with Gasteiger partial charge in [-0.1, -0.05) is 6.07 Å². The molecule has 2 nitrogen and oxygen atoms in total. The van der Waals surface area contributed by atoms with Crippen molar-refractivity contribution in [1.82, 2.24) is 4.98 Å². The number of nitrogens with zero attached hydrogens (tertiary/aromatic N) is 1. The first-order chi connectivity index (χ1) is 8.61. The van der Waals surface area contributed by atoms with Crippen molar-refractivity contribution in [2.45, 2.75) is 18.4 Å². The van der Waals surface area contributed by atoms with Crippen molar-refractivity contribution < 1.29 is 13.9 Å². The summed E-state index contributed by atoms with van der Waals surface area (Å²) >= 11 is 0. The largest absolute Gasteiger partial charge is 0.380 e. The van der Waals surface area contributed by atoms with Crippen LogP contribution in [0.5, 0.6) is 0 Å². The molecule has 1 aliphatic rings. The van der Waals surface area contributed by atoms with Gasteiger partial charge in [-0.25, -0.2) is 8.78 Å². The second kappa shape index (κ2) is 3.85. The molecule has 1 aliphatic carbocycles. The summed E-state index contributed by atoms with van der Waals surface area (Å²) in [5.74, 6) is -0.884. The molecule has 1 atom stereocenters. The van der Waals surface area contributed by atoms with Gasteiger partial charge in [0.05, 0.1) is 6.20 Å². The fraction of sp³-hybridized carbons (Fsp3) is 0.214. The van der Waals surface area contributed by atoms with Crippen LogP contribution in [0, 0.1) is 11.6 Å². The van der Waals surface area contributed by atoms with E-state index in [2.05, 4.69) is 4.98 Å². The fourth-order valence-corrected chi connectivity index (χ4v) is 2.61. The normalized spacial score (nSPS) is 21.9. The van der Waals surface area contributed by atoms with E-state index in [1.807, 2.05) is 0 Å². The van der Waals surface area contributed by atoms with Gasteiger partial charge < -0.3 is 5.11 Å². The number of aliphatic hydroxyl groups is 1. The molecule has 0 saturated carbocycles. The lowest BCUT2D eigenvalue weighted by atomic mass is 9.88. The van der Waals surface area contributed by atoms with E-state index in [9.17, 15) is 13.9 Å². The lowest BCUT2D eigenvalue weighted by Crippen LogP contribution is -2.25. The summed E-state index contributed by atoms with van der Waals surface area (Å²) in [6.45, 7) is 0. The van der Waals surface area contributed by atoms with Gasteiger partial charge in [-0.3, -0.25) is 4.98 Å². The van der Waals surface area contributed by atoms with Crippen molar-refractivity contribution in [3.63, 3.8) is 0 Å². The molecule has 92 valence electrons. The number of hydrogen-bond donors (Lipinski definition) is 1. The van der Waals surface area contributed by atoms with E-state index in [4.69, 9.17) is 0 Å². The Kier molecular flexibility index (Phi) is 2.41. The van der Waals surface area contributed by atoms with Crippen LogP contribution in [0.15, 0.2) is 36.7 Å². The lowest BCUT2D eigenvalue weighted by Gasteiger charge is -2.24. The Morgan fingerprint density at radius 1 is 1.17 bits per heavy atom. The standard InChI is InChI=1S/C14H11F2NO/c15-10-1-2-11-9(7-10)3-5-14(11,18)12-4-6-17-8-13(12)16/h1-2,4,6-8,18H,3,5H2. The molecule has 0 saturated heterocycles. The van der Waals surface area contributed by atoms with Gasteiger partial charge in [-0.15, -0.1) is 0 Å². The maximum absolute atomic E-state index is 13.8. The van der Waals surface area contributed by atoms with Crippen molar-refractivity contribution in [3.8, 4) is 0 Å². The molecule has 0 fully saturated rings. The van der Waals surface area contributed by atoms with Gasteiger partial charge in [0.15, 0.2) is 0 Å². The van der Waals surface area contributed by atoms with E-state index in [0.29, 0.717) is 18.4 Å². The SMILES string of the molecule is OC1(c2ccncc2F)CCc2cc(F)ccc21. The minimum Gasteiger partial charge on any atom is -0.380 e. The van der Waals surface area contributed by atoms with Crippen molar-refractivity contribution in [3.05, 3.63) is 65.0 Å². The van der Waals surface area contributed by atoms with Crippen LogP contribution >= 0.6 is 0 Å². The average Bonchev–Trinajstić information content (AvgIpc) is 2.68. The molecule has 18 heavy (non-hydrogen) atoms. The quantitative estimate of drug-likeness (QED) is 0.840. The van der Waals surface area contributed by atoms with Crippen LogP contribution in [-0.2, 0) is 12.0 Å². The number of halogens is 2. The van der Waals surface area contributed by atoms with Crippen LogP contribution in [0.1, 0.15) is 23.1 Å². The zero-order valence-electron chi connectivity index (χ0n) is 9.53. The van der Waals surface area contributed by atoms with Gasteiger partial charge in [0.1, 0.15) is 17.2 Å². The molecule has 0 spiro atoms. The van der Waals surface area contributed by atoms with Crippen LogP contribution < -0.4 is 0 Å². The molecule has 0 bridgehead atoms. The van der Waals surface area contributed by atoms with Crippen molar-refractivity contribution >= 4 is 0 Å². The van der Waals surface area contributed by atoms with Crippen LogP contribution in [0.25, 0.3) is 0 Å². The van der Waals surface area contributed by atoms with Gasteiger partial charge in [0.2, 0.25) is 0 Å². The highest BCUT2D eigenvalue weighted by molar-refractivity contribution is 5.45. The van der Waals surface area contributed by atoms with Gasteiger partial charge in [-0.2, -0.15) is 0 Å². The third-order valence-corrected chi connectivity index (χ3v) is 3.49. The first-order valence-corrected chi connectivity index (χ1v) is 5.72. The Hall–Kier alpha value is -1.81. The van der Waals surface area contributed by atoms with E-state index >= 15 is 0 Å². The number of aromatic nitrogens is 1. The van der Waals surface area contributed by atoms with Crippen LogP contribution in [-0.4, -0.2) is 10.1 Å². The molecule has 1 unspecified atom stereocenters. The summed E-state index contributed by atoms with van der Waals surface area (Å²) in [4.78, 5) is 3.67. The van der Waals surface area contributed by atoms with Gasteiger partial charge >= 0.3 is 0 Å². The molecule has 3 rings (SSSR count). The number of pyridine rings is 1. The van der Waals surface area contributed by atoms with Gasteiger partial charge in [0.25, 0.3) is 0 Å². The second-order valence-electron chi connectivity index (χ2n) is 4.52. The summed E-state index contributed by atoms with van der Waals surface area (Å²) in [6.07, 6.45) is 3.41. The van der Waals surface area contributed by atoms with Crippen LogP contribution in [0.3, 0.4) is 0 Å². The smallest absolute Gasteiger partial charge is 0.147 e. The summed E-state index contributed by atoms with van der Waals surface area (Å²) in [5.41, 5.74) is 0.126. The van der Waals surface area contributed by atoms with Crippen molar-refractivity contribution in [1.29, 1.82) is 0 Å². The highest BCUT2D eigenvalue weighted by atomic mass is 19.1. The molecule has 0 amide bonds. The molecule has 1 heterocycles. The number of rotatable bonds is 1. The molecule has 1 aromatic carbocycles. The fourth-order valence-electron chi connectivity index (χ4n) is 2.61. The van der Waals surface area contributed by atoms with Crippen molar-refractivity contribution in [2.24, 2.45) is 0 Å². The minimum absolute atomic E-state index is 0.197. The second-order valence-corrected chi connectivity index (χ2v) is 4.52. The summed E-state index contributed by atoms with van der Waals surface area (Å²) in [6, 6.07) is 5.67. The zero-order valence-corrected chi connectivity index (χ0v) is 9.53. The Morgan fingerprint density at radius 3 is 2.78 bits per heavy atom. The van der Waals surface area contributed by atoms with Crippen LogP contribution in [0.4, 0.5) is 8.78 Å². The predicted molar refractivity (Wildman–Crippen MR) is 61.9 cm³/mol. The topological polar surface area (TPSA) is 33.1 Å². The van der Waals surface area contributed by atoms with Crippen molar-refractivity contribution in [2.75, 3.05) is 0 Å². The molecule has 0 radical (unpaired) electrons. The molecule has 2 aromatic rings. The highest BCUT2D eigenvalue weighted by Crippen LogP contribution is 2.42. The molecule has 1 aromatic heterocycles.